The SMILES string of the molecule is CCn1nccc1C(=O)N[C@H](C(=O)Nc1ccc([C@H](C)[C@@H](NC(=O)N(C)C2CC2)C(=O)N2CCC(N3CCC(OCCOCCOCCOCCOCCOCCOCCOC)CC3)(C(F)(F)F)CC2)cc1F)C(C1CC1)C1CC1. The summed E-state index contributed by atoms with van der Waals surface area (Å²) >= 11 is 0. The molecule has 2 aliphatic heterocycles. The van der Waals surface area contributed by atoms with Crippen LogP contribution in [0.25, 0.3) is 0 Å². The number of methoxy groups -OCH3 is 1. The first-order valence-corrected chi connectivity index (χ1v) is 28.8. The van der Waals surface area contributed by atoms with Crippen molar-refractivity contribution >= 4 is 29.4 Å². The molecule has 3 atom stereocenters. The number of amides is 5. The molecule has 3 heterocycles. The highest BCUT2D eigenvalue weighted by Crippen LogP contribution is 2.51. The number of benzene rings is 1. The van der Waals surface area contributed by atoms with E-state index < -0.39 is 59.3 Å². The van der Waals surface area contributed by atoms with Crippen molar-refractivity contribution in [2.24, 2.45) is 17.8 Å². The van der Waals surface area contributed by atoms with Gasteiger partial charge in [0, 0.05) is 65.0 Å². The minimum absolute atomic E-state index is 0.00541. The van der Waals surface area contributed by atoms with Crippen LogP contribution < -0.4 is 16.0 Å². The molecule has 5 fully saturated rings. The fraction of sp³-hybridized carbons (Fsp3) is 0.768. The van der Waals surface area contributed by atoms with Gasteiger partial charge >= 0.3 is 12.2 Å². The highest BCUT2D eigenvalue weighted by atomic mass is 19.4. The molecule has 3 aliphatic carbocycles. The number of urea groups is 1. The minimum Gasteiger partial charge on any atom is -0.382 e. The van der Waals surface area contributed by atoms with Crippen LogP contribution in [-0.2, 0) is 54.0 Å². The highest BCUT2D eigenvalue weighted by molar-refractivity contribution is 6.01. The Balaban J connectivity index is 0.851. The zero-order valence-corrected chi connectivity index (χ0v) is 47.2. The summed E-state index contributed by atoms with van der Waals surface area (Å²) in [6.45, 7) is 9.94. The number of carbonyl (C=O) groups is 4. The molecule has 80 heavy (non-hydrogen) atoms. The molecule has 20 nitrogen and oxygen atoms in total. The number of nitrogens with zero attached hydrogens (tertiary/aromatic N) is 5. The Morgan fingerprint density at radius 2 is 1.26 bits per heavy atom. The molecule has 5 amide bonds. The lowest BCUT2D eigenvalue weighted by atomic mass is 9.82. The van der Waals surface area contributed by atoms with E-state index in [2.05, 4.69) is 21.0 Å². The van der Waals surface area contributed by atoms with Gasteiger partial charge in [-0.15, -0.1) is 0 Å². The summed E-state index contributed by atoms with van der Waals surface area (Å²) < 4.78 is 108. The van der Waals surface area contributed by atoms with E-state index in [0.29, 0.717) is 123 Å². The smallest absolute Gasteiger partial charge is 0.382 e. The molecule has 3 saturated carbocycles. The molecular formula is C56H86F4N8O12. The van der Waals surface area contributed by atoms with Gasteiger partial charge in [0.05, 0.1) is 104 Å². The number of carbonyl (C=O) groups excluding carboxylic acids is 4. The van der Waals surface area contributed by atoms with Crippen molar-refractivity contribution in [1.29, 1.82) is 0 Å². The van der Waals surface area contributed by atoms with Crippen molar-refractivity contribution in [3.8, 4) is 0 Å². The number of nitrogens with one attached hydrogen (secondary N) is 3. The lowest BCUT2D eigenvalue weighted by Crippen LogP contribution is -2.66. The topological polar surface area (TPSA) is 206 Å². The molecule has 0 spiro atoms. The first-order valence-electron chi connectivity index (χ1n) is 28.8. The standard InChI is InChI=1S/C56H86F4N8O12/c1-5-68-47(14-19-61-68)51(69)63-50(48(40-6-7-40)41-8-9-41)52(70)62-46-13-10-42(38-45(46)57)39(2)49(64-54(72)65(3)43-11-12-43)53(71)66-22-17-55(18-23-66,56(58,59)60)67-20-15-44(16-21-67)80-37-36-79-35-34-78-33-32-77-31-30-76-29-28-75-27-26-74-25-24-73-4/h10,13-14,19,38-41,43-44,48-50H,5-9,11-12,15-18,20-37H2,1-4H3,(H,62,70)(H,63,69)(H,64,72)/t39-,49+,50-/m0/s1. The van der Waals surface area contributed by atoms with Crippen molar-refractivity contribution in [3.63, 3.8) is 0 Å². The summed E-state index contributed by atoms with van der Waals surface area (Å²) in [5.74, 6) is -2.77. The van der Waals surface area contributed by atoms with Crippen LogP contribution in [0.15, 0.2) is 30.5 Å². The Kier molecular flexibility index (Phi) is 24.6. The molecule has 24 heteroatoms. The van der Waals surface area contributed by atoms with E-state index in [1.807, 2.05) is 6.92 Å². The highest BCUT2D eigenvalue weighted by Gasteiger charge is 2.60. The van der Waals surface area contributed by atoms with Crippen LogP contribution in [0.2, 0.25) is 0 Å². The maximum atomic E-state index is 16.3. The Hall–Kier alpha value is -4.53. The average molecular weight is 1140 g/mol. The predicted octanol–water partition coefficient (Wildman–Crippen LogP) is 5.64. The van der Waals surface area contributed by atoms with Gasteiger partial charge in [-0.1, -0.05) is 13.0 Å². The normalized spacial score (nSPS) is 19.2. The first kappa shape index (κ1) is 63.1. The van der Waals surface area contributed by atoms with Crippen LogP contribution in [0.4, 0.5) is 28.0 Å². The molecular weight excluding hydrogens is 1050 g/mol. The minimum atomic E-state index is -4.59. The molecule has 1 aromatic carbocycles. The quantitative estimate of drug-likeness (QED) is 0.0558. The molecule has 1 aromatic heterocycles. The van der Waals surface area contributed by atoms with Gasteiger partial charge in [-0.05, 0) is 113 Å². The summed E-state index contributed by atoms with van der Waals surface area (Å²) in [6, 6.07) is 3.06. The van der Waals surface area contributed by atoms with Gasteiger partial charge in [-0.3, -0.25) is 24.0 Å². The number of piperidine rings is 2. The number of ether oxygens (including phenoxy) is 8. The maximum Gasteiger partial charge on any atom is 0.406 e. The fourth-order valence-corrected chi connectivity index (χ4v) is 10.9. The number of anilines is 1. The summed E-state index contributed by atoms with van der Waals surface area (Å²) in [4.78, 5) is 60.2. The van der Waals surface area contributed by atoms with E-state index in [9.17, 15) is 19.2 Å². The maximum absolute atomic E-state index is 16.3. The van der Waals surface area contributed by atoms with Crippen molar-refractivity contribution in [3.05, 3.63) is 47.5 Å². The molecule has 0 radical (unpaired) electrons. The predicted molar refractivity (Wildman–Crippen MR) is 287 cm³/mol. The van der Waals surface area contributed by atoms with Crippen molar-refractivity contribution in [1.82, 2.24) is 35.1 Å². The second-order valence-electron chi connectivity index (χ2n) is 21.6. The number of hydrogen-bond donors (Lipinski definition) is 3. The van der Waals surface area contributed by atoms with E-state index in [-0.39, 0.29) is 74.6 Å². The molecule has 5 aliphatic rings. The number of aromatic nitrogens is 2. The van der Waals surface area contributed by atoms with E-state index >= 15 is 17.6 Å². The van der Waals surface area contributed by atoms with Gasteiger partial charge in [0.25, 0.3) is 5.91 Å². The van der Waals surface area contributed by atoms with Crippen LogP contribution in [0, 0.1) is 23.6 Å². The number of halogens is 4. The van der Waals surface area contributed by atoms with Gasteiger partial charge in [-0.25, -0.2) is 9.18 Å². The van der Waals surface area contributed by atoms with Crippen LogP contribution in [0.3, 0.4) is 0 Å². The van der Waals surface area contributed by atoms with E-state index in [1.54, 1.807) is 37.9 Å². The van der Waals surface area contributed by atoms with Gasteiger partial charge in [0.15, 0.2) is 0 Å². The van der Waals surface area contributed by atoms with Crippen molar-refractivity contribution in [2.45, 2.75) is 126 Å². The number of rotatable bonds is 36. The van der Waals surface area contributed by atoms with Gasteiger partial charge in [-0.2, -0.15) is 18.3 Å². The zero-order chi connectivity index (χ0) is 57.1. The third-order valence-corrected chi connectivity index (χ3v) is 16.1. The Labute approximate surface area is 467 Å². The Morgan fingerprint density at radius 1 is 0.725 bits per heavy atom. The lowest BCUT2D eigenvalue weighted by Gasteiger charge is -2.51. The zero-order valence-electron chi connectivity index (χ0n) is 47.2. The lowest BCUT2D eigenvalue weighted by molar-refractivity contribution is -0.250. The van der Waals surface area contributed by atoms with Crippen LogP contribution >= 0.6 is 0 Å². The Bertz CT molecular complexity index is 2220. The molecule has 2 aromatic rings. The second-order valence-corrected chi connectivity index (χ2v) is 21.6. The molecule has 450 valence electrons. The third kappa shape index (κ3) is 18.2. The average Bonchev–Trinajstić information content (AvgIpc) is 4.38. The summed E-state index contributed by atoms with van der Waals surface area (Å²) in [5.41, 5.74) is -1.64. The molecule has 0 bridgehead atoms. The van der Waals surface area contributed by atoms with Gasteiger partial charge in [0.2, 0.25) is 11.8 Å². The van der Waals surface area contributed by atoms with Gasteiger partial charge < -0.3 is 63.6 Å². The fourth-order valence-electron chi connectivity index (χ4n) is 10.9. The third-order valence-electron chi connectivity index (χ3n) is 16.1. The van der Waals surface area contributed by atoms with Crippen LogP contribution in [0.5, 0.6) is 0 Å². The number of alkyl halides is 3. The van der Waals surface area contributed by atoms with Crippen LogP contribution in [-0.4, -0.2) is 217 Å². The van der Waals surface area contributed by atoms with Crippen molar-refractivity contribution in [2.75, 3.05) is 138 Å². The summed E-state index contributed by atoms with van der Waals surface area (Å²) in [6.07, 6.45) is 2.15. The largest absolute Gasteiger partial charge is 0.406 e. The number of hydrogen-bond acceptors (Lipinski definition) is 14. The molecule has 2 saturated heterocycles. The summed E-state index contributed by atoms with van der Waals surface area (Å²) in [7, 11) is 3.25. The van der Waals surface area contributed by atoms with Gasteiger partial charge in [0.1, 0.15) is 29.1 Å². The van der Waals surface area contributed by atoms with E-state index in [0.717, 1.165) is 38.5 Å². The molecule has 0 unspecified atom stereocenters. The summed E-state index contributed by atoms with van der Waals surface area (Å²) in [5, 5.41) is 12.7. The molecule has 3 N–H and O–H groups in total. The van der Waals surface area contributed by atoms with Crippen LogP contribution in [0.1, 0.15) is 100 Å². The first-order chi connectivity index (χ1) is 38.6. The van der Waals surface area contributed by atoms with E-state index in [1.165, 1.54) is 33.0 Å². The second kappa shape index (κ2) is 31.2. The van der Waals surface area contributed by atoms with Crippen molar-refractivity contribution < 1.29 is 74.6 Å². The number of likely N-dealkylation sites (tertiary alicyclic amines) is 2. The Morgan fingerprint density at radius 3 is 1.75 bits per heavy atom. The number of aryl methyl sites for hydroxylation is 1. The monoisotopic (exact) mass is 1140 g/mol. The molecule has 7 rings (SSSR count). The van der Waals surface area contributed by atoms with E-state index in [4.69, 9.17) is 37.9 Å².